The molecule has 0 saturated carbocycles. The molecule has 110 valence electrons. The topological polar surface area (TPSA) is 93.0 Å². The van der Waals surface area contributed by atoms with E-state index < -0.39 is 5.63 Å². The van der Waals surface area contributed by atoms with Gasteiger partial charge in [0.25, 0.3) is 0 Å². The van der Waals surface area contributed by atoms with E-state index >= 15 is 0 Å². The molecule has 0 fully saturated rings. The quantitative estimate of drug-likeness (QED) is 0.524. The van der Waals surface area contributed by atoms with Crippen LogP contribution >= 0.6 is 0 Å². The van der Waals surface area contributed by atoms with E-state index in [-0.39, 0.29) is 44.4 Å². The molecule has 2 aromatic heterocycles. The van der Waals surface area contributed by atoms with Crippen molar-refractivity contribution in [1.29, 1.82) is 0 Å². The molecule has 2 heterocycles. The number of rotatable bonds is 1. The van der Waals surface area contributed by atoms with Crippen LogP contribution in [-0.2, 0) is 0 Å². The minimum Gasteiger partial charge on any atom is -0.507 e. The molecule has 6 nitrogen and oxygen atoms in total. The second-order valence-electron chi connectivity index (χ2n) is 4.87. The highest BCUT2D eigenvalue weighted by Gasteiger charge is 2.21. The third kappa shape index (κ3) is 1.52. The summed E-state index contributed by atoms with van der Waals surface area (Å²) in [4.78, 5) is 12.2. The molecule has 2 aromatic carbocycles. The van der Waals surface area contributed by atoms with Gasteiger partial charge in [-0.05, 0) is 12.1 Å². The molecule has 6 heteroatoms. The molecule has 0 saturated heterocycles. The normalized spacial score (nSPS) is 11.5. The lowest BCUT2D eigenvalue weighted by atomic mass is 10.1. The van der Waals surface area contributed by atoms with Crippen molar-refractivity contribution in [1.82, 2.24) is 0 Å². The Morgan fingerprint density at radius 3 is 2.55 bits per heavy atom. The molecule has 0 aliphatic heterocycles. The second-order valence-corrected chi connectivity index (χ2v) is 4.87. The van der Waals surface area contributed by atoms with Gasteiger partial charge in [0.2, 0.25) is 0 Å². The smallest absolute Gasteiger partial charge is 0.348 e. The summed E-state index contributed by atoms with van der Waals surface area (Å²) in [7, 11) is 1.46. The van der Waals surface area contributed by atoms with E-state index in [0.29, 0.717) is 5.75 Å². The predicted molar refractivity (Wildman–Crippen MR) is 79.6 cm³/mol. The van der Waals surface area contributed by atoms with Crippen LogP contribution in [0.15, 0.2) is 44.0 Å². The lowest BCUT2D eigenvalue weighted by Crippen LogP contribution is -1.98. The molecule has 0 atom stereocenters. The highest BCUT2D eigenvalue weighted by molar-refractivity contribution is 6.16. The van der Waals surface area contributed by atoms with Gasteiger partial charge in [-0.2, -0.15) is 0 Å². The first-order valence-corrected chi connectivity index (χ1v) is 6.48. The fraction of sp³-hybridized carbons (Fsp3) is 0.0625. The van der Waals surface area contributed by atoms with Crippen molar-refractivity contribution in [3.05, 3.63) is 40.8 Å². The van der Waals surface area contributed by atoms with Gasteiger partial charge in [-0.25, -0.2) is 4.79 Å². The predicted octanol–water partition coefficient (Wildman–Crippen LogP) is 3.11. The molecule has 0 radical (unpaired) electrons. The molecular weight excluding hydrogens is 288 g/mol. The summed E-state index contributed by atoms with van der Waals surface area (Å²) >= 11 is 0. The van der Waals surface area contributed by atoms with E-state index in [1.165, 1.54) is 19.2 Å². The van der Waals surface area contributed by atoms with Crippen molar-refractivity contribution >= 4 is 32.9 Å². The second kappa shape index (κ2) is 4.17. The molecule has 0 aliphatic rings. The summed E-state index contributed by atoms with van der Waals surface area (Å²) in [5, 5.41) is 20.8. The van der Waals surface area contributed by atoms with Gasteiger partial charge in [0.1, 0.15) is 39.2 Å². The maximum absolute atomic E-state index is 12.2. The summed E-state index contributed by atoms with van der Waals surface area (Å²) < 4.78 is 16.0. The van der Waals surface area contributed by atoms with Crippen molar-refractivity contribution in [2.24, 2.45) is 0 Å². The molecule has 0 aliphatic carbocycles. The van der Waals surface area contributed by atoms with Crippen LogP contribution in [0.5, 0.6) is 17.2 Å². The number of phenolic OH excluding ortho intramolecular Hbond substituents is 2. The SMILES string of the molecule is COc1cc(O)c2c(c1)oc1c3c(O)cccc3oc(=O)c12. The fourth-order valence-corrected chi connectivity index (χ4v) is 2.65. The molecule has 2 N–H and O–H groups in total. The number of fused-ring (bicyclic) bond motifs is 5. The summed E-state index contributed by atoms with van der Waals surface area (Å²) in [6.45, 7) is 0. The van der Waals surface area contributed by atoms with Gasteiger partial charge in [-0.1, -0.05) is 6.07 Å². The first-order chi connectivity index (χ1) is 10.6. The highest BCUT2D eigenvalue weighted by atomic mass is 16.5. The zero-order valence-corrected chi connectivity index (χ0v) is 11.4. The number of methoxy groups -OCH3 is 1. The Morgan fingerprint density at radius 1 is 0.955 bits per heavy atom. The number of ether oxygens (including phenoxy) is 1. The fourth-order valence-electron chi connectivity index (χ4n) is 2.65. The van der Waals surface area contributed by atoms with Crippen molar-refractivity contribution in [3.8, 4) is 17.2 Å². The Morgan fingerprint density at radius 2 is 1.77 bits per heavy atom. The number of aromatic hydroxyl groups is 2. The van der Waals surface area contributed by atoms with Gasteiger partial charge in [-0.15, -0.1) is 0 Å². The van der Waals surface area contributed by atoms with Gasteiger partial charge >= 0.3 is 5.63 Å². The van der Waals surface area contributed by atoms with Crippen molar-refractivity contribution in [2.45, 2.75) is 0 Å². The third-order valence-electron chi connectivity index (χ3n) is 3.62. The standard InChI is InChI=1S/C16H10O6/c1-20-7-5-9(18)12-11(6-7)21-15-13-8(17)3-2-4-10(13)22-16(19)14(12)15/h2-6,17-18H,1H3. The van der Waals surface area contributed by atoms with E-state index in [1.807, 2.05) is 0 Å². The van der Waals surface area contributed by atoms with Crippen molar-refractivity contribution < 1.29 is 23.8 Å². The Balaban J connectivity index is 2.34. The van der Waals surface area contributed by atoms with Crippen LogP contribution in [0.25, 0.3) is 32.9 Å². The maximum atomic E-state index is 12.2. The lowest BCUT2D eigenvalue weighted by molar-refractivity contribution is 0.408. The van der Waals surface area contributed by atoms with E-state index in [4.69, 9.17) is 13.6 Å². The number of phenols is 2. The zero-order valence-electron chi connectivity index (χ0n) is 11.4. The minimum absolute atomic E-state index is 0.0724. The Bertz CT molecular complexity index is 1100. The van der Waals surface area contributed by atoms with Crippen LogP contribution in [0.4, 0.5) is 0 Å². The van der Waals surface area contributed by atoms with E-state index in [2.05, 4.69) is 0 Å². The minimum atomic E-state index is -0.646. The van der Waals surface area contributed by atoms with Crippen LogP contribution in [-0.4, -0.2) is 17.3 Å². The van der Waals surface area contributed by atoms with Crippen molar-refractivity contribution in [2.75, 3.05) is 7.11 Å². The summed E-state index contributed by atoms with van der Waals surface area (Å²) in [5.41, 5.74) is 0.00753. The number of hydrogen-bond acceptors (Lipinski definition) is 6. The Kier molecular flexibility index (Phi) is 2.39. The zero-order chi connectivity index (χ0) is 15.4. The average molecular weight is 298 g/mol. The van der Waals surface area contributed by atoms with Gasteiger partial charge in [-0.3, -0.25) is 0 Å². The van der Waals surface area contributed by atoms with Crippen molar-refractivity contribution in [3.63, 3.8) is 0 Å². The molecule has 0 spiro atoms. The summed E-state index contributed by atoms with van der Waals surface area (Å²) in [5.74, 6) is 0.161. The number of benzene rings is 2. The number of hydrogen-bond donors (Lipinski definition) is 2. The van der Waals surface area contributed by atoms with Crippen LogP contribution in [0.2, 0.25) is 0 Å². The lowest BCUT2D eigenvalue weighted by Gasteiger charge is -2.00. The first-order valence-electron chi connectivity index (χ1n) is 6.48. The molecular formula is C16H10O6. The number of furan rings is 1. The third-order valence-corrected chi connectivity index (χ3v) is 3.62. The van der Waals surface area contributed by atoms with E-state index in [9.17, 15) is 15.0 Å². The largest absolute Gasteiger partial charge is 0.507 e. The van der Waals surface area contributed by atoms with Crippen LogP contribution < -0.4 is 10.4 Å². The van der Waals surface area contributed by atoms with Crippen LogP contribution in [0, 0.1) is 0 Å². The average Bonchev–Trinajstić information content (AvgIpc) is 2.87. The summed E-state index contributed by atoms with van der Waals surface area (Å²) in [6.07, 6.45) is 0. The molecule has 0 bridgehead atoms. The summed E-state index contributed by atoms with van der Waals surface area (Å²) in [6, 6.07) is 7.53. The monoisotopic (exact) mass is 298 g/mol. The van der Waals surface area contributed by atoms with E-state index in [1.54, 1.807) is 18.2 Å². The van der Waals surface area contributed by atoms with E-state index in [0.717, 1.165) is 0 Å². The molecule has 4 aromatic rings. The van der Waals surface area contributed by atoms with Gasteiger partial charge < -0.3 is 23.8 Å². The van der Waals surface area contributed by atoms with Gasteiger partial charge in [0.15, 0.2) is 5.58 Å². The molecule has 0 amide bonds. The van der Waals surface area contributed by atoms with Crippen LogP contribution in [0.1, 0.15) is 0 Å². The van der Waals surface area contributed by atoms with Gasteiger partial charge in [0.05, 0.1) is 12.5 Å². The Labute approximate surface area is 122 Å². The molecule has 4 rings (SSSR count). The van der Waals surface area contributed by atoms with Crippen LogP contribution in [0.3, 0.4) is 0 Å². The van der Waals surface area contributed by atoms with Gasteiger partial charge in [0, 0.05) is 12.1 Å². The highest BCUT2D eigenvalue weighted by Crippen LogP contribution is 2.40. The maximum Gasteiger partial charge on any atom is 0.348 e. The molecule has 22 heavy (non-hydrogen) atoms. The Hall–Kier alpha value is -3.15. The molecule has 0 unspecified atom stereocenters. The first kappa shape index (κ1) is 12.6.